The van der Waals surface area contributed by atoms with Crippen LogP contribution in [0.4, 0.5) is 5.95 Å². The second kappa shape index (κ2) is 6.13. The van der Waals surface area contributed by atoms with E-state index >= 15 is 0 Å². The molecule has 8 nitrogen and oxygen atoms in total. The van der Waals surface area contributed by atoms with E-state index in [0.29, 0.717) is 32.9 Å². The Hall–Kier alpha value is -2.81. The molecule has 118 valence electrons. The lowest BCUT2D eigenvalue weighted by molar-refractivity contribution is 0.0960. The molecule has 0 aliphatic carbocycles. The fraction of sp³-hybridized carbons (Fsp3) is 0.214. The van der Waals surface area contributed by atoms with Crippen molar-refractivity contribution in [2.45, 2.75) is 13.0 Å². The van der Waals surface area contributed by atoms with Gasteiger partial charge in [-0.05, 0) is 19.1 Å². The summed E-state index contributed by atoms with van der Waals surface area (Å²) in [5, 5.41) is 6.43. The number of thiophene rings is 1. The number of amides is 1. The molecular formula is C14H13N5O3S. The highest BCUT2D eigenvalue weighted by atomic mass is 32.1. The fourth-order valence-corrected chi connectivity index (χ4v) is 3.19. The van der Waals surface area contributed by atoms with Gasteiger partial charge in [0.1, 0.15) is 4.83 Å². The molecule has 0 radical (unpaired) electrons. The van der Waals surface area contributed by atoms with Gasteiger partial charge >= 0.3 is 0 Å². The second-order valence-electron chi connectivity index (χ2n) is 4.72. The zero-order valence-corrected chi connectivity index (χ0v) is 13.0. The average Bonchev–Trinajstić information content (AvgIpc) is 3.17. The topological polar surface area (TPSA) is 123 Å². The number of fused-ring (bicyclic) bond motifs is 1. The third kappa shape index (κ3) is 2.78. The zero-order valence-electron chi connectivity index (χ0n) is 12.1. The molecule has 0 aromatic carbocycles. The number of carbonyl (C=O) groups excluding carboxylic acids is 1. The second-order valence-corrected chi connectivity index (χ2v) is 5.75. The summed E-state index contributed by atoms with van der Waals surface area (Å²) in [5.74, 6) is -0.187. The van der Waals surface area contributed by atoms with Crippen molar-refractivity contribution in [2.24, 2.45) is 5.18 Å². The Kier molecular flexibility index (Phi) is 4.02. The lowest BCUT2D eigenvalue weighted by Crippen LogP contribution is -2.21. The molecule has 3 N–H and O–H groups in total. The molecule has 0 saturated carbocycles. The first-order chi connectivity index (χ1) is 11.1. The number of furan rings is 1. The number of hydrogen-bond acceptors (Lipinski definition) is 8. The number of anilines is 1. The van der Waals surface area contributed by atoms with Crippen LogP contribution in [0, 0.1) is 4.91 Å². The lowest BCUT2D eigenvalue weighted by atomic mass is 10.1. The third-order valence-electron chi connectivity index (χ3n) is 3.22. The molecule has 3 heterocycles. The van der Waals surface area contributed by atoms with Crippen LogP contribution >= 0.6 is 11.3 Å². The summed E-state index contributed by atoms with van der Waals surface area (Å²) in [6, 6.07) is 2.41. The van der Waals surface area contributed by atoms with Gasteiger partial charge < -0.3 is 15.5 Å². The highest BCUT2D eigenvalue weighted by Crippen LogP contribution is 2.34. The van der Waals surface area contributed by atoms with E-state index in [1.807, 2.05) is 6.92 Å². The van der Waals surface area contributed by atoms with Crippen LogP contribution < -0.4 is 11.1 Å². The van der Waals surface area contributed by atoms with Gasteiger partial charge in [-0.2, -0.15) is 0 Å². The van der Waals surface area contributed by atoms with Crippen molar-refractivity contribution in [1.82, 2.24) is 15.3 Å². The smallest absolute Gasteiger partial charge is 0.261 e. The molecule has 0 bridgehead atoms. The Labute approximate surface area is 134 Å². The Morgan fingerprint density at radius 3 is 3.00 bits per heavy atom. The summed E-state index contributed by atoms with van der Waals surface area (Å²) in [4.78, 5) is 32.6. The van der Waals surface area contributed by atoms with E-state index < -0.39 is 6.04 Å². The maximum atomic E-state index is 12.0. The number of nitrogens with zero attached hydrogens (tertiary/aromatic N) is 3. The van der Waals surface area contributed by atoms with Gasteiger partial charge in [0.2, 0.25) is 5.95 Å². The first kappa shape index (κ1) is 15.1. The largest absolute Gasteiger partial charge is 0.472 e. The van der Waals surface area contributed by atoms with E-state index in [1.165, 1.54) is 23.9 Å². The molecule has 0 aliphatic heterocycles. The molecular weight excluding hydrogens is 318 g/mol. The molecule has 1 amide bonds. The first-order valence-corrected chi connectivity index (χ1v) is 7.65. The van der Waals surface area contributed by atoms with E-state index in [0.717, 1.165) is 0 Å². The number of carbonyl (C=O) groups is 1. The Morgan fingerprint density at radius 2 is 2.35 bits per heavy atom. The van der Waals surface area contributed by atoms with Crippen molar-refractivity contribution in [3.05, 3.63) is 45.7 Å². The quantitative estimate of drug-likeness (QED) is 0.692. The minimum Gasteiger partial charge on any atom is -0.472 e. The van der Waals surface area contributed by atoms with Gasteiger partial charge in [0.25, 0.3) is 5.91 Å². The molecule has 0 aliphatic rings. The molecule has 9 heteroatoms. The van der Waals surface area contributed by atoms with Gasteiger partial charge in [-0.1, -0.05) is 5.18 Å². The zero-order chi connectivity index (χ0) is 16.4. The van der Waals surface area contributed by atoms with Crippen LogP contribution in [-0.2, 0) is 0 Å². The van der Waals surface area contributed by atoms with Crippen molar-refractivity contribution in [2.75, 3.05) is 12.3 Å². The predicted octanol–water partition coefficient (Wildman–Crippen LogP) is 2.47. The molecule has 3 rings (SSSR count). The number of nitroso groups, excluding NO2 is 1. The molecule has 1 unspecified atom stereocenters. The maximum absolute atomic E-state index is 12.0. The molecule has 0 spiro atoms. The Bertz CT molecular complexity index is 859. The molecule has 3 aromatic rings. The number of rotatable bonds is 5. The van der Waals surface area contributed by atoms with Crippen molar-refractivity contribution in [3.8, 4) is 0 Å². The van der Waals surface area contributed by atoms with E-state index in [1.54, 1.807) is 12.1 Å². The average molecular weight is 331 g/mol. The van der Waals surface area contributed by atoms with Gasteiger partial charge in [0, 0.05) is 17.5 Å². The number of nitrogen functional groups attached to an aromatic ring is 1. The molecule has 1 atom stereocenters. The predicted molar refractivity (Wildman–Crippen MR) is 86.2 cm³/mol. The molecule has 0 fully saturated rings. The van der Waals surface area contributed by atoms with Crippen molar-refractivity contribution >= 4 is 33.4 Å². The van der Waals surface area contributed by atoms with Crippen LogP contribution in [0.1, 0.15) is 33.9 Å². The van der Waals surface area contributed by atoms with Crippen LogP contribution in [0.3, 0.4) is 0 Å². The van der Waals surface area contributed by atoms with Crippen LogP contribution in [0.25, 0.3) is 10.2 Å². The summed E-state index contributed by atoms with van der Waals surface area (Å²) < 4.78 is 5.00. The minimum absolute atomic E-state index is 0.0222. The van der Waals surface area contributed by atoms with Crippen LogP contribution in [0.5, 0.6) is 0 Å². The van der Waals surface area contributed by atoms with Crippen molar-refractivity contribution in [3.63, 3.8) is 0 Å². The lowest BCUT2D eigenvalue weighted by Gasteiger charge is -2.08. The summed E-state index contributed by atoms with van der Waals surface area (Å²) in [5.41, 5.74) is 6.65. The number of hydrogen-bond donors (Lipinski definition) is 2. The van der Waals surface area contributed by atoms with Gasteiger partial charge in [-0.25, -0.2) is 9.97 Å². The summed E-state index contributed by atoms with van der Waals surface area (Å²) >= 11 is 1.19. The van der Waals surface area contributed by atoms with E-state index in [-0.39, 0.29) is 11.9 Å². The van der Waals surface area contributed by atoms with Gasteiger partial charge in [-0.15, -0.1) is 16.2 Å². The Balaban J connectivity index is 2.16. The third-order valence-corrected chi connectivity index (χ3v) is 4.25. The summed E-state index contributed by atoms with van der Waals surface area (Å²) in [6.45, 7) is 2.35. The number of aromatic nitrogens is 2. The van der Waals surface area contributed by atoms with Crippen molar-refractivity contribution < 1.29 is 9.21 Å². The normalized spacial score (nSPS) is 12.2. The van der Waals surface area contributed by atoms with E-state index in [2.05, 4.69) is 20.5 Å². The molecule has 23 heavy (non-hydrogen) atoms. The van der Waals surface area contributed by atoms with Gasteiger partial charge in [-0.3, -0.25) is 4.79 Å². The summed E-state index contributed by atoms with van der Waals surface area (Å²) in [7, 11) is 0. The minimum atomic E-state index is -0.877. The van der Waals surface area contributed by atoms with Gasteiger partial charge in [0.15, 0.2) is 6.04 Å². The highest BCUT2D eigenvalue weighted by molar-refractivity contribution is 7.20. The molecule has 3 aromatic heterocycles. The summed E-state index contributed by atoms with van der Waals surface area (Å²) in [6.07, 6.45) is 2.87. The van der Waals surface area contributed by atoms with Gasteiger partial charge in [0.05, 0.1) is 23.1 Å². The van der Waals surface area contributed by atoms with Crippen LogP contribution in [-0.4, -0.2) is 22.4 Å². The van der Waals surface area contributed by atoms with E-state index in [9.17, 15) is 9.70 Å². The fourth-order valence-electron chi connectivity index (χ4n) is 2.23. The number of nitrogens with one attached hydrogen (secondary N) is 1. The number of nitrogens with two attached hydrogens (primary N) is 1. The van der Waals surface area contributed by atoms with Crippen molar-refractivity contribution in [1.29, 1.82) is 0 Å². The molecule has 0 saturated heterocycles. The highest BCUT2D eigenvalue weighted by Gasteiger charge is 2.24. The van der Waals surface area contributed by atoms with Crippen LogP contribution in [0.15, 0.2) is 34.3 Å². The first-order valence-electron chi connectivity index (χ1n) is 6.83. The monoisotopic (exact) mass is 331 g/mol. The Morgan fingerprint density at radius 1 is 1.52 bits per heavy atom. The standard InChI is InChI=1S/C14H13N5O3S/c1-2-16-12(20)9-5-8-11(17-14(15)18-13(8)23-9)10(19-21)7-3-4-22-6-7/h3-6,10H,2H2,1H3,(H,16,20)(H2,15,17,18). The van der Waals surface area contributed by atoms with E-state index in [4.69, 9.17) is 10.2 Å². The SMILES string of the molecule is CCNC(=O)c1cc2c(C(N=O)c3ccoc3)nc(N)nc2s1. The van der Waals surface area contributed by atoms with Crippen LogP contribution in [0.2, 0.25) is 0 Å². The maximum Gasteiger partial charge on any atom is 0.261 e.